The lowest BCUT2D eigenvalue weighted by molar-refractivity contribution is -0.111. The SMILES string of the molecule is C=C(CN(C)C)C(=O)/C(=C\c1ccc(Cl)cc1)c1ccccc1.C=C(CN(C)Cc1ccccc1)C(=O)/C(=C/c1ccc(Br)cc1)c1ccccc1.CN(C)C/C(=C\c1ccc(Cl)cc1)C(=O)c1ccccc1.CN(C/C(=C\c1ccc(Cl)cc1)C(=O)c1ccccc1)Cc1ccccc1.Cl.Cl. The van der Waals surface area contributed by atoms with E-state index >= 15 is 0 Å². The molecule has 0 fully saturated rings. The molecule has 14 heteroatoms. The molecule has 524 valence electrons. The van der Waals surface area contributed by atoms with Crippen molar-refractivity contribution in [2.24, 2.45) is 0 Å². The number of hydrogen-bond donors (Lipinski definition) is 0. The number of rotatable bonds is 26. The zero-order chi connectivity index (χ0) is 71.8. The Balaban J connectivity index is 0.000000245. The van der Waals surface area contributed by atoms with Crippen molar-refractivity contribution in [3.63, 3.8) is 0 Å². The third-order valence-electron chi connectivity index (χ3n) is 15.2. The van der Waals surface area contributed by atoms with Crippen LogP contribution in [0.1, 0.15) is 65.2 Å². The van der Waals surface area contributed by atoms with Gasteiger partial charge in [-0.3, -0.25) is 29.0 Å². The normalized spacial score (nSPS) is 11.4. The van der Waals surface area contributed by atoms with Crippen LogP contribution in [0.25, 0.3) is 35.5 Å². The van der Waals surface area contributed by atoms with E-state index in [1.165, 1.54) is 11.1 Å². The highest BCUT2D eigenvalue weighted by Gasteiger charge is 2.20. The van der Waals surface area contributed by atoms with Gasteiger partial charge in [-0.15, -0.1) is 24.8 Å². The molecule has 0 N–H and O–H groups in total. The van der Waals surface area contributed by atoms with E-state index in [0.717, 1.165) is 62.1 Å². The number of Topliss-reactive ketones (excluding diaryl/α,β-unsaturated/α-hetero) is 4. The molecular formula is C88H86BrCl5N4O4. The highest BCUT2D eigenvalue weighted by molar-refractivity contribution is 9.10. The number of likely N-dealkylation sites (N-methyl/N-ethyl adjacent to an activating group) is 4. The van der Waals surface area contributed by atoms with Crippen molar-refractivity contribution >= 4 is 134 Å². The van der Waals surface area contributed by atoms with Crippen LogP contribution in [0.15, 0.2) is 319 Å². The third kappa shape index (κ3) is 29.2. The van der Waals surface area contributed by atoms with E-state index in [0.29, 0.717) is 74.7 Å². The molecule has 10 rings (SSSR count). The molecule has 0 unspecified atom stereocenters. The number of carbonyl (C=O) groups excluding carboxylic acids is 4. The molecule has 0 aromatic heterocycles. The first-order chi connectivity index (χ1) is 48.2. The second-order valence-electron chi connectivity index (χ2n) is 24.4. The molecule has 0 bridgehead atoms. The Morgan fingerprint density at radius 3 is 0.922 bits per heavy atom. The van der Waals surface area contributed by atoms with Gasteiger partial charge in [-0.25, -0.2) is 0 Å². The standard InChI is InChI=1S/C26H24BrNO.C24H22ClNO.C20H20ClNO.C18H18ClNO.2ClH/c1-20(18-28(2)19-22-9-5-3-6-10-22)26(29)25(23-11-7-4-8-12-23)17-21-13-15-24(27)16-14-21;1-26(17-20-8-4-2-5-9-20)18-22(16-19-12-14-23(25)15-13-19)24(27)21-10-6-3-7-11-21;1-15(14-22(2)3)20(23)19(17-7-5-4-6-8-17)13-16-9-11-18(21)12-10-16;1-20(2)13-16(12-14-8-10-17(19)11-9-14)18(21)15-6-4-3-5-7-15;;/h3-17H,1,18-19H2,2H3;2-16H,17-18H2,1H3;4-13H,1,14H2,2-3H3;3-12H,13H2,1-2H3;2*1H/b25-17+;22-16+;19-13-;16-12+;;. The molecule has 8 nitrogen and oxygen atoms in total. The zero-order valence-electron chi connectivity index (χ0n) is 58.3. The molecule has 0 spiro atoms. The van der Waals surface area contributed by atoms with E-state index < -0.39 is 0 Å². The summed E-state index contributed by atoms with van der Waals surface area (Å²) in [5.74, 6) is 0.0311. The molecule has 0 aliphatic heterocycles. The van der Waals surface area contributed by atoms with Gasteiger partial charge in [-0.05, 0) is 160 Å². The van der Waals surface area contributed by atoms with Crippen LogP contribution in [-0.2, 0) is 22.7 Å². The first kappa shape index (κ1) is 83.7. The molecule has 0 atom stereocenters. The monoisotopic (exact) mass is 1520 g/mol. The predicted octanol–water partition coefficient (Wildman–Crippen LogP) is 21.6. The van der Waals surface area contributed by atoms with E-state index in [1.54, 1.807) is 0 Å². The molecular weight excluding hydrogens is 1430 g/mol. The molecule has 0 heterocycles. The molecule has 0 saturated carbocycles. The average Bonchev–Trinajstić information content (AvgIpc) is 0.852. The highest BCUT2D eigenvalue weighted by Crippen LogP contribution is 2.27. The largest absolute Gasteiger partial charge is 0.305 e. The Bertz CT molecular complexity index is 4390. The number of hydrogen-bond acceptors (Lipinski definition) is 8. The molecule has 0 saturated heterocycles. The predicted molar refractivity (Wildman–Crippen MR) is 440 cm³/mol. The van der Waals surface area contributed by atoms with Crippen molar-refractivity contribution in [1.82, 2.24) is 19.6 Å². The minimum atomic E-state index is -0.0418. The summed E-state index contributed by atoms with van der Waals surface area (Å²) in [6.07, 6.45) is 7.69. The van der Waals surface area contributed by atoms with E-state index in [-0.39, 0.29) is 47.9 Å². The van der Waals surface area contributed by atoms with Gasteiger partial charge >= 0.3 is 0 Å². The molecule has 0 amide bonds. The van der Waals surface area contributed by atoms with Crippen LogP contribution in [-0.4, -0.2) is 111 Å². The summed E-state index contributed by atoms with van der Waals surface area (Å²) < 4.78 is 1.01. The third-order valence-corrected chi connectivity index (χ3v) is 16.5. The second-order valence-corrected chi connectivity index (χ2v) is 26.7. The topological polar surface area (TPSA) is 81.2 Å². The maximum atomic E-state index is 13.3. The summed E-state index contributed by atoms with van der Waals surface area (Å²) in [7, 11) is 11.8. The minimum Gasteiger partial charge on any atom is -0.305 e. The maximum Gasteiger partial charge on any atom is 0.190 e. The lowest BCUT2D eigenvalue weighted by Crippen LogP contribution is -2.24. The fraction of sp³-hybridized carbons (Fsp3) is 0.136. The summed E-state index contributed by atoms with van der Waals surface area (Å²) in [6.45, 7) is 11.8. The van der Waals surface area contributed by atoms with Crippen LogP contribution < -0.4 is 0 Å². The number of benzene rings is 10. The van der Waals surface area contributed by atoms with Gasteiger partial charge in [0.15, 0.2) is 23.1 Å². The van der Waals surface area contributed by atoms with Crippen LogP contribution in [0.5, 0.6) is 0 Å². The van der Waals surface area contributed by atoms with Crippen molar-refractivity contribution < 1.29 is 19.2 Å². The Morgan fingerprint density at radius 1 is 0.333 bits per heavy atom. The summed E-state index contributed by atoms with van der Waals surface area (Å²) in [4.78, 5) is 60.0. The smallest absolute Gasteiger partial charge is 0.190 e. The van der Waals surface area contributed by atoms with Crippen molar-refractivity contribution in [3.05, 3.63) is 390 Å². The summed E-state index contributed by atoms with van der Waals surface area (Å²) in [5.41, 5.74) is 13.4. The van der Waals surface area contributed by atoms with Crippen LogP contribution in [0.2, 0.25) is 15.1 Å². The van der Waals surface area contributed by atoms with E-state index in [9.17, 15) is 19.2 Å². The number of allylic oxidation sites excluding steroid dienone is 2. The van der Waals surface area contributed by atoms with E-state index in [1.807, 2.05) is 331 Å². The first-order valence-electron chi connectivity index (χ1n) is 32.5. The molecule has 10 aromatic rings. The quantitative estimate of drug-likeness (QED) is 0.0301. The number of ketones is 4. The van der Waals surface area contributed by atoms with Gasteiger partial charge in [0.05, 0.1) is 0 Å². The molecule has 0 aliphatic carbocycles. The van der Waals surface area contributed by atoms with Gasteiger partial charge in [-0.1, -0.05) is 294 Å². The number of carbonyl (C=O) groups is 4. The van der Waals surface area contributed by atoms with Crippen LogP contribution in [0.3, 0.4) is 0 Å². The van der Waals surface area contributed by atoms with Gasteiger partial charge in [-0.2, -0.15) is 0 Å². The zero-order valence-corrected chi connectivity index (χ0v) is 63.8. The minimum absolute atomic E-state index is 0. The summed E-state index contributed by atoms with van der Waals surface area (Å²) >= 11 is 21.3. The molecule has 10 aromatic carbocycles. The van der Waals surface area contributed by atoms with Crippen LogP contribution in [0, 0.1) is 0 Å². The molecule has 102 heavy (non-hydrogen) atoms. The number of nitrogens with zero attached hydrogens (tertiary/aromatic N) is 4. The fourth-order valence-electron chi connectivity index (χ4n) is 10.4. The van der Waals surface area contributed by atoms with Gasteiger partial charge in [0.1, 0.15) is 0 Å². The fourth-order valence-corrected chi connectivity index (χ4v) is 11.1. The van der Waals surface area contributed by atoms with Gasteiger partial charge in [0.25, 0.3) is 0 Å². The highest BCUT2D eigenvalue weighted by atomic mass is 79.9. The second kappa shape index (κ2) is 44.5. The Morgan fingerprint density at radius 2 is 0.598 bits per heavy atom. The lowest BCUT2D eigenvalue weighted by Gasteiger charge is -2.19. The van der Waals surface area contributed by atoms with E-state index in [4.69, 9.17) is 34.8 Å². The Labute approximate surface area is 639 Å². The Hall–Kier alpha value is -8.91. The average molecular weight is 1520 g/mol. The van der Waals surface area contributed by atoms with Gasteiger partial charge in [0, 0.05) is 103 Å². The van der Waals surface area contributed by atoms with Gasteiger partial charge < -0.3 is 9.80 Å². The van der Waals surface area contributed by atoms with Crippen molar-refractivity contribution in [3.8, 4) is 0 Å². The summed E-state index contributed by atoms with van der Waals surface area (Å²) in [5, 5.41) is 2.05. The van der Waals surface area contributed by atoms with Crippen LogP contribution in [0.4, 0.5) is 0 Å². The van der Waals surface area contributed by atoms with Gasteiger partial charge in [0.2, 0.25) is 0 Å². The van der Waals surface area contributed by atoms with Crippen molar-refractivity contribution in [1.29, 1.82) is 0 Å². The molecule has 0 radical (unpaired) electrons. The first-order valence-corrected chi connectivity index (χ1v) is 34.5. The van der Waals surface area contributed by atoms with Crippen molar-refractivity contribution in [2.75, 3.05) is 68.5 Å². The van der Waals surface area contributed by atoms with E-state index in [2.05, 4.69) is 63.2 Å². The molecule has 0 aliphatic rings. The lowest BCUT2D eigenvalue weighted by atomic mass is 9.95. The maximum absolute atomic E-state index is 13.3. The number of halogens is 6. The summed E-state index contributed by atoms with van der Waals surface area (Å²) in [6, 6.07) is 89.0. The Kier molecular flexibility index (Phi) is 36.5. The van der Waals surface area contributed by atoms with Crippen LogP contribution >= 0.6 is 75.5 Å². The van der Waals surface area contributed by atoms with Crippen molar-refractivity contribution in [2.45, 2.75) is 13.1 Å².